The summed E-state index contributed by atoms with van der Waals surface area (Å²) in [6.07, 6.45) is -4.19. The summed E-state index contributed by atoms with van der Waals surface area (Å²) in [6, 6.07) is 14.0. The van der Waals surface area contributed by atoms with Crippen LogP contribution in [0.5, 0.6) is 11.5 Å². The third-order valence-corrected chi connectivity index (χ3v) is 5.52. The fourth-order valence-electron chi connectivity index (χ4n) is 4.05. The molecule has 4 rings (SSSR count). The molecule has 36 heavy (non-hydrogen) atoms. The number of ether oxygens (including phenoxy) is 1. The Bertz CT molecular complexity index is 1440. The third-order valence-electron chi connectivity index (χ3n) is 5.52. The smallest absolute Gasteiger partial charge is 0.479 e. The number of hydrogen-bond donors (Lipinski definition) is 2. The lowest BCUT2D eigenvalue weighted by atomic mass is 10.0. The first kappa shape index (κ1) is 24.9. The van der Waals surface area contributed by atoms with Crippen LogP contribution in [0.25, 0.3) is 21.8 Å². The molecule has 0 fully saturated rings. The second-order valence-corrected chi connectivity index (χ2v) is 7.92. The van der Waals surface area contributed by atoms with E-state index in [1.54, 1.807) is 24.3 Å². The van der Waals surface area contributed by atoms with Gasteiger partial charge in [0.1, 0.15) is 5.75 Å². The zero-order chi connectivity index (χ0) is 26.0. The van der Waals surface area contributed by atoms with Crippen molar-refractivity contribution in [3.05, 3.63) is 71.3 Å². The summed E-state index contributed by atoms with van der Waals surface area (Å²) in [4.78, 5) is 33.4. The van der Waals surface area contributed by atoms with Gasteiger partial charge in [-0.25, -0.2) is 4.79 Å². The number of nitrogens with two attached hydrogens (primary N) is 1. The number of amides is 1. The second kappa shape index (κ2) is 9.78. The maximum Gasteiger partial charge on any atom is 0.573 e. The molecule has 0 saturated heterocycles. The van der Waals surface area contributed by atoms with Crippen molar-refractivity contribution < 1.29 is 42.4 Å². The molecule has 3 N–H and O–H groups in total. The number of benzene rings is 3. The van der Waals surface area contributed by atoms with Crippen LogP contribution >= 0.6 is 0 Å². The molecule has 0 atom stereocenters. The molecule has 0 saturated carbocycles. The van der Waals surface area contributed by atoms with Gasteiger partial charge in [-0.1, -0.05) is 25.1 Å². The summed E-state index contributed by atoms with van der Waals surface area (Å²) in [7, 11) is 0. The first-order chi connectivity index (χ1) is 17.1. The van der Waals surface area contributed by atoms with Crippen LogP contribution < -0.4 is 15.4 Å². The van der Waals surface area contributed by atoms with Crippen LogP contribution in [0, 0.1) is 0 Å². The van der Waals surface area contributed by atoms with E-state index in [0.29, 0.717) is 33.8 Å². The average Bonchev–Trinajstić information content (AvgIpc) is 3.12. The molecular weight excluding hydrogens is 481 g/mol. The highest BCUT2D eigenvalue weighted by atomic mass is 19.4. The van der Waals surface area contributed by atoms with Gasteiger partial charge < -0.3 is 25.0 Å². The molecule has 4 aromatic rings. The molecule has 11 heteroatoms. The van der Waals surface area contributed by atoms with E-state index >= 15 is 0 Å². The highest BCUT2D eigenvalue weighted by Crippen LogP contribution is 2.39. The number of primary amides is 1. The van der Waals surface area contributed by atoms with E-state index in [2.05, 4.69) is 4.74 Å². The van der Waals surface area contributed by atoms with E-state index in [0.717, 1.165) is 5.56 Å². The number of halogens is 3. The lowest BCUT2D eigenvalue weighted by molar-refractivity contribution is -0.274. The summed E-state index contributed by atoms with van der Waals surface area (Å²) < 4.78 is 43.4. The lowest BCUT2D eigenvalue weighted by Gasteiger charge is -2.12. The van der Waals surface area contributed by atoms with E-state index in [1.807, 2.05) is 17.6 Å². The van der Waals surface area contributed by atoms with Gasteiger partial charge in [-0.2, -0.15) is 4.89 Å². The molecule has 1 amide bonds. The van der Waals surface area contributed by atoms with Crippen molar-refractivity contribution in [2.45, 2.75) is 26.3 Å². The maximum atomic E-state index is 12.5. The number of carboxylic acids is 1. The Labute approximate surface area is 202 Å². The summed E-state index contributed by atoms with van der Waals surface area (Å²) in [5, 5.41) is 9.87. The summed E-state index contributed by atoms with van der Waals surface area (Å²) in [5.74, 6) is -2.04. The monoisotopic (exact) mass is 502 g/mol. The van der Waals surface area contributed by atoms with Gasteiger partial charge in [-0.05, 0) is 53.9 Å². The number of nitrogens with zero attached hydrogens (tertiary/aromatic N) is 1. The van der Waals surface area contributed by atoms with Gasteiger partial charge in [0.05, 0.1) is 16.4 Å². The van der Waals surface area contributed by atoms with E-state index < -0.39 is 24.8 Å². The molecule has 0 unspecified atom stereocenters. The van der Waals surface area contributed by atoms with Gasteiger partial charge in [-0.15, -0.1) is 13.2 Å². The van der Waals surface area contributed by atoms with Gasteiger partial charge in [0, 0.05) is 17.5 Å². The number of aliphatic carboxylic acids is 1. The minimum Gasteiger partial charge on any atom is -0.479 e. The maximum absolute atomic E-state index is 12.5. The molecule has 3 aromatic carbocycles. The molecule has 1 heterocycles. The van der Waals surface area contributed by atoms with Crippen LogP contribution in [0.2, 0.25) is 0 Å². The quantitative estimate of drug-likeness (QED) is 0.251. The largest absolute Gasteiger partial charge is 0.573 e. The van der Waals surface area contributed by atoms with E-state index in [1.165, 1.54) is 24.3 Å². The van der Waals surface area contributed by atoms with E-state index in [4.69, 9.17) is 20.6 Å². The normalized spacial score (nSPS) is 11.7. The molecule has 0 spiro atoms. The number of carbonyl (C=O) groups is 2. The molecule has 0 aliphatic heterocycles. The van der Waals surface area contributed by atoms with Crippen molar-refractivity contribution in [3.63, 3.8) is 0 Å². The van der Waals surface area contributed by atoms with Crippen molar-refractivity contribution in [1.82, 2.24) is 4.57 Å². The minimum atomic E-state index is -4.80. The summed E-state index contributed by atoms with van der Waals surface area (Å²) >= 11 is 0. The fourth-order valence-corrected chi connectivity index (χ4v) is 4.05. The molecule has 188 valence electrons. The summed E-state index contributed by atoms with van der Waals surface area (Å²) in [5.41, 5.74) is 8.63. The minimum absolute atomic E-state index is 0.206. The zero-order valence-corrected chi connectivity index (χ0v) is 19.0. The number of alkyl halides is 3. The standard InChI is InChI=1S/C25H21F3N2O6/c1-2-14-10-19-23(20(11-14)36-34-13-21(31)32)22-17(24(29)33)4-3-5-18(22)30(19)12-15-6-8-16(9-7-15)35-25(26,27)28/h3-11H,2,12-13H2,1H3,(H2,29,33)(H,31,32). The fraction of sp³-hybridized carbons (Fsp3) is 0.200. The van der Waals surface area contributed by atoms with Crippen molar-refractivity contribution in [2.24, 2.45) is 5.73 Å². The van der Waals surface area contributed by atoms with Crippen molar-refractivity contribution >= 4 is 33.7 Å². The molecule has 0 aliphatic carbocycles. The van der Waals surface area contributed by atoms with Gasteiger partial charge in [0.15, 0.2) is 12.4 Å². The average molecular weight is 502 g/mol. The second-order valence-electron chi connectivity index (χ2n) is 7.92. The Morgan fingerprint density at radius 2 is 1.72 bits per heavy atom. The van der Waals surface area contributed by atoms with Crippen LogP contribution in [-0.2, 0) is 22.6 Å². The molecular formula is C25H21F3N2O6. The third kappa shape index (κ3) is 5.20. The number of hydrogen-bond acceptors (Lipinski definition) is 5. The molecule has 0 aliphatic rings. The Kier molecular flexibility index (Phi) is 6.75. The number of fused-ring (bicyclic) bond motifs is 3. The first-order valence-corrected chi connectivity index (χ1v) is 10.8. The number of carboxylic acid groups (broad SMARTS) is 1. The highest BCUT2D eigenvalue weighted by Gasteiger charge is 2.31. The number of carbonyl (C=O) groups excluding carboxylic acids is 1. The number of rotatable bonds is 9. The topological polar surface area (TPSA) is 113 Å². The van der Waals surface area contributed by atoms with Crippen LogP contribution in [-0.4, -0.2) is 34.5 Å². The molecule has 0 bridgehead atoms. The van der Waals surface area contributed by atoms with Gasteiger partial charge in [0.25, 0.3) is 0 Å². The van der Waals surface area contributed by atoms with Crippen LogP contribution in [0.4, 0.5) is 13.2 Å². The Morgan fingerprint density at radius 1 is 1.00 bits per heavy atom. The molecule has 8 nitrogen and oxygen atoms in total. The van der Waals surface area contributed by atoms with Gasteiger partial charge in [0.2, 0.25) is 5.91 Å². The highest BCUT2D eigenvalue weighted by molar-refractivity contribution is 6.19. The Morgan fingerprint density at radius 3 is 2.33 bits per heavy atom. The predicted molar refractivity (Wildman–Crippen MR) is 124 cm³/mol. The van der Waals surface area contributed by atoms with Crippen LogP contribution in [0.3, 0.4) is 0 Å². The van der Waals surface area contributed by atoms with Crippen LogP contribution in [0.1, 0.15) is 28.4 Å². The Hall–Kier alpha value is -4.25. The zero-order valence-electron chi connectivity index (χ0n) is 19.0. The SMILES string of the molecule is CCc1cc(OOCC(=O)O)c2c3c(C(N)=O)cccc3n(Cc3ccc(OC(F)(F)F)cc3)c2c1. The van der Waals surface area contributed by atoms with Gasteiger partial charge >= 0.3 is 12.3 Å². The van der Waals surface area contributed by atoms with Crippen LogP contribution in [0.15, 0.2) is 54.6 Å². The molecule has 1 aromatic heterocycles. The number of aryl methyl sites for hydroxylation is 1. The van der Waals surface area contributed by atoms with Gasteiger partial charge in [-0.3, -0.25) is 4.79 Å². The first-order valence-electron chi connectivity index (χ1n) is 10.8. The summed E-state index contributed by atoms with van der Waals surface area (Å²) in [6.45, 7) is 1.45. The lowest BCUT2D eigenvalue weighted by Crippen LogP contribution is -2.17. The number of aromatic nitrogens is 1. The van der Waals surface area contributed by atoms with E-state index in [9.17, 15) is 22.8 Å². The molecule has 0 radical (unpaired) electrons. The Balaban J connectivity index is 1.89. The van der Waals surface area contributed by atoms with Crippen molar-refractivity contribution in [2.75, 3.05) is 6.61 Å². The van der Waals surface area contributed by atoms with Crippen molar-refractivity contribution in [1.29, 1.82) is 0 Å². The van der Waals surface area contributed by atoms with E-state index in [-0.39, 0.29) is 23.6 Å². The predicted octanol–water partition coefficient (Wildman–Crippen LogP) is 4.80. The van der Waals surface area contributed by atoms with Crippen molar-refractivity contribution in [3.8, 4) is 11.5 Å².